The molecule has 1 fully saturated rings. The summed E-state index contributed by atoms with van der Waals surface area (Å²) in [5, 5.41) is 13.7. The number of ether oxygens (including phenoxy) is 2. The van der Waals surface area contributed by atoms with Gasteiger partial charge in [-0.25, -0.2) is 0 Å². The van der Waals surface area contributed by atoms with Crippen LogP contribution in [0.5, 0.6) is 5.75 Å². The molecule has 1 aromatic carbocycles. The minimum absolute atomic E-state index is 0.610. The van der Waals surface area contributed by atoms with Gasteiger partial charge < -0.3 is 19.9 Å². The summed E-state index contributed by atoms with van der Waals surface area (Å²) in [6, 6.07) is 8.16. The summed E-state index contributed by atoms with van der Waals surface area (Å²) in [5.74, 6) is 0.926. The van der Waals surface area contributed by atoms with Gasteiger partial charge in [-0.3, -0.25) is 0 Å². The van der Waals surface area contributed by atoms with Crippen molar-refractivity contribution in [3.63, 3.8) is 0 Å². The molecule has 21 heavy (non-hydrogen) atoms. The molecule has 0 saturated carbocycles. The Kier molecular flexibility index (Phi) is 6.49. The van der Waals surface area contributed by atoms with Crippen molar-refractivity contribution in [1.29, 1.82) is 0 Å². The summed E-state index contributed by atoms with van der Waals surface area (Å²) in [4.78, 5) is 0. The zero-order valence-electron chi connectivity index (χ0n) is 12.9. The number of benzene rings is 1. The molecular formula is C17H27NO3. The van der Waals surface area contributed by atoms with Crippen molar-refractivity contribution in [1.82, 2.24) is 5.32 Å². The Balaban J connectivity index is 1.70. The summed E-state index contributed by atoms with van der Waals surface area (Å²) >= 11 is 0. The average molecular weight is 293 g/mol. The first kappa shape index (κ1) is 16.3. The van der Waals surface area contributed by atoms with Crippen LogP contribution >= 0.6 is 0 Å². The fraction of sp³-hybridized carbons (Fsp3) is 0.647. The number of hydrogen-bond donors (Lipinski definition) is 2. The Morgan fingerprint density at radius 1 is 1.24 bits per heavy atom. The van der Waals surface area contributed by atoms with Gasteiger partial charge in [0.05, 0.1) is 12.2 Å². The molecule has 1 saturated heterocycles. The van der Waals surface area contributed by atoms with Crippen LogP contribution in [0.15, 0.2) is 24.3 Å². The molecule has 0 amide bonds. The number of rotatable bonds is 8. The predicted octanol–water partition coefficient (Wildman–Crippen LogP) is 2.50. The highest BCUT2D eigenvalue weighted by Crippen LogP contribution is 2.19. The second-order valence-corrected chi connectivity index (χ2v) is 5.79. The minimum atomic E-state index is -0.610. The van der Waals surface area contributed by atoms with Gasteiger partial charge in [-0.2, -0.15) is 0 Å². The van der Waals surface area contributed by atoms with Crippen LogP contribution in [0.4, 0.5) is 0 Å². The molecule has 1 heterocycles. The molecule has 1 aliphatic rings. The Bertz CT molecular complexity index is 399. The van der Waals surface area contributed by atoms with Crippen LogP contribution in [0, 0.1) is 0 Å². The van der Waals surface area contributed by atoms with Gasteiger partial charge in [-0.05, 0) is 24.1 Å². The standard InChI is InChI=1S/C17H27NO3/c1-2-3-10-21-16-6-4-15(5-7-16)13-18-14-17(19)8-11-20-12-9-17/h4-7,18-19H,2-3,8-14H2,1H3. The van der Waals surface area contributed by atoms with Crippen molar-refractivity contribution in [3.8, 4) is 5.75 Å². The van der Waals surface area contributed by atoms with Gasteiger partial charge in [0.2, 0.25) is 0 Å². The lowest BCUT2D eigenvalue weighted by Gasteiger charge is -2.32. The zero-order chi connectivity index (χ0) is 15.0. The van der Waals surface area contributed by atoms with Gasteiger partial charge in [0, 0.05) is 39.1 Å². The van der Waals surface area contributed by atoms with E-state index in [2.05, 4.69) is 24.4 Å². The summed E-state index contributed by atoms with van der Waals surface area (Å²) in [7, 11) is 0. The quantitative estimate of drug-likeness (QED) is 0.723. The molecule has 1 aromatic rings. The lowest BCUT2D eigenvalue weighted by atomic mass is 9.94. The molecule has 118 valence electrons. The van der Waals surface area contributed by atoms with Crippen molar-refractivity contribution in [3.05, 3.63) is 29.8 Å². The maximum Gasteiger partial charge on any atom is 0.119 e. The van der Waals surface area contributed by atoms with Crippen LogP contribution in [-0.2, 0) is 11.3 Å². The lowest BCUT2D eigenvalue weighted by molar-refractivity contribution is -0.0617. The SMILES string of the molecule is CCCCOc1ccc(CNCC2(O)CCOCC2)cc1. The Hall–Kier alpha value is -1.10. The van der Waals surface area contributed by atoms with Gasteiger partial charge in [0.25, 0.3) is 0 Å². The molecule has 0 aromatic heterocycles. The van der Waals surface area contributed by atoms with Crippen LogP contribution in [0.2, 0.25) is 0 Å². The fourth-order valence-corrected chi connectivity index (χ4v) is 2.41. The number of unbranched alkanes of at least 4 members (excludes halogenated alkanes) is 1. The van der Waals surface area contributed by atoms with E-state index in [1.54, 1.807) is 0 Å². The van der Waals surface area contributed by atoms with E-state index in [1.807, 2.05) is 12.1 Å². The highest BCUT2D eigenvalue weighted by molar-refractivity contribution is 5.27. The van der Waals surface area contributed by atoms with Crippen molar-refractivity contribution in [2.24, 2.45) is 0 Å². The molecule has 4 heteroatoms. The second kappa shape index (κ2) is 8.37. The number of nitrogens with one attached hydrogen (secondary N) is 1. The van der Waals surface area contributed by atoms with E-state index in [-0.39, 0.29) is 0 Å². The van der Waals surface area contributed by atoms with Crippen LogP contribution in [0.1, 0.15) is 38.2 Å². The average Bonchev–Trinajstić information content (AvgIpc) is 2.50. The first-order valence-electron chi connectivity index (χ1n) is 7.94. The van der Waals surface area contributed by atoms with E-state index < -0.39 is 5.60 Å². The van der Waals surface area contributed by atoms with Crippen LogP contribution in [0.3, 0.4) is 0 Å². The summed E-state index contributed by atoms with van der Waals surface area (Å²) < 4.78 is 10.9. The third kappa shape index (κ3) is 5.65. The van der Waals surface area contributed by atoms with Gasteiger partial charge in [0.15, 0.2) is 0 Å². The normalized spacial score (nSPS) is 17.6. The van der Waals surface area contributed by atoms with E-state index in [4.69, 9.17) is 9.47 Å². The van der Waals surface area contributed by atoms with Gasteiger partial charge in [-0.15, -0.1) is 0 Å². The van der Waals surface area contributed by atoms with Gasteiger partial charge in [-0.1, -0.05) is 25.5 Å². The number of aliphatic hydroxyl groups is 1. The topological polar surface area (TPSA) is 50.7 Å². The summed E-state index contributed by atoms with van der Waals surface area (Å²) in [6.45, 7) is 5.63. The smallest absolute Gasteiger partial charge is 0.119 e. The minimum Gasteiger partial charge on any atom is -0.494 e. The third-order valence-electron chi connectivity index (χ3n) is 3.90. The Labute approximate surface area is 127 Å². The zero-order valence-corrected chi connectivity index (χ0v) is 12.9. The summed E-state index contributed by atoms with van der Waals surface area (Å²) in [6.07, 6.45) is 3.66. The molecule has 0 aliphatic carbocycles. The van der Waals surface area contributed by atoms with E-state index in [0.29, 0.717) is 32.6 Å². The molecule has 2 rings (SSSR count). The highest BCUT2D eigenvalue weighted by atomic mass is 16.5. The molecule has 4 nitrogen and oxygen atoms in total. The molecular weight excluding hydrogens is 266 g/mol. The molecule has 0 bridgehead atoms. The fourth-order valence-electron chi connectivity index (χ4n) is 2.41. The largest absolute Gasteiger partial charge is 0.494 e. The number of hydrogen-bond acceptors (Lipinski definition) is 4. The molecule has 0 radical (unpaired) electrons. The van der Waals surface area contributed by atoms with Crippen molar-refractivity contribution in [2.75, 3.05) is 26.4 Å². The maximum absolute atomic E-state index is 10.4. The van der Waals surface area contributed by atoms with Crippen molar-refractivity contribution < 1.29 is 14.6 Å². The molecule has 2 N–H and O–H groups in total. The summed E-state index contributed by atoms with van der Waals surface area (Å²) in [5.41, 5.74) is 0.593. The van der Waals surface area contributed by atoms with E-state index in [9.17, 15) is 5.11 Å². The van der Waals surface area contributed by atoms with E-state index in [1.165, 1.54) is 5.56 Å². The lowest BCUT2D eigenvalue weighted by Crippen LogP contribution is -2.44. The third-order valence-corrected chi connectivity index (χ3v) is 3.90. The first-order chi connectivity index (χ1) is 10.2. The Morgan fingerprint density at radius 3 is 2.62 bits per heavy atom. The van der Waals surface area contributed by atoms with E-state index >= 15 is 0 Å². The van der Waals surface area contributed by atoms with Crippen LogP contribution < -0.4 is 10.1 Å². The predicted molar refractivity (Wildman–Crippen MR) is 83.6 cm³/mol. The maximum atomic E-state index is 10.4. The van der Waals surface area contributed by atoms with Crippen molar-refractivity contribution in [2.45, 2.75) is 44.8 Å². The molecule has 0 atom stereocenters. The highest BCUT2D eigenvalue weighted by Gasteiger charge is 2.28. The van der Waals surface area contributed by atoms with Crippen molar-refractivity contribution >= 4 is 0 Å². The van der Waals surface area contributed by atoms with E-state index in [0.717, 1.165) is 31.7 Å². The molecule has 0 unspecified atom stereocenters. The molecule has 0 spiro atoms. The second-order valence-electron chi connectivity index (χ2n) is 5.79. The Morgan fingerprint density at radius 2 is 1.95 bits per heavy atom. The van der Waals surface area contributed by atoms with Crippen LogP contribution in [-0.4, -0.2) is 37.1 Å². The van der Waals surface area contributed by atoms with Crippen LogP contribution in [0.25, 0.3) is 0 Å². The molecule has 1 aliphatic heterocycles. The van der Waals surface area contributed by atoms with Gasteiger partial charge >= 0.3 is 0 Å². The monoisotopic (exact) mass is 293 g/mol. The van der Waals surface area contributed by atoms with Gasteiger partial charge in [0.1, 0.15) is 5.75 Å². The first-order valence-corrected chi connectivity index (χ1v) is 7.94.